The summed E-state index contributed by atoms with van der Waals surface area (Å²) in [6, 6.07) is 8.15. The molecule has 1 aromatic carbocycles. The first kappa shape index (κ1) is 18.8. The van der Waals surface area contributed by atoms with Crippen molar-refractivity contribution in [1.29, 1.82) is 0 Å². The number of benzene rings is 1. The second-order valence-electron chi connectivity index (χ2n) is 6.62. The topological polar surface area (TPSA) is 84.8 Å². The van der Waals surface area contributed by atoms with Crippen LogP contribution in [-0.4, -0.2) is 32.3 Å². The maximum atomic E-state index is 12.7. The molecular weight excluding hydrogens is 394 g/mol. The molecule has 0 radical (unpaired) electrons. The average Bonchev–Trinajstić information content (AvgIpc) is 3.35. The Morgan fingerprint density at radius 1 is 1.39 bits per heavy atom. The lowest BCUT2D eigenvalue weighted by Gasteiger charge is -2.06. The van der Waals surface area contributed by atoms with Crippen molar-refractivity contribution in [1.82, 2.24) is 25.1 Å². The van der Waals surface area contributed by atoms with Gasteiger partial charge >= 0.3 is 0 Å². The molecule has 0 spiro atoms. The predicted molar refractivity (Wildman–Crippen MR) is 110 cm³/mol. The molecule has 2 N–H and O–H groups in total. The second-order valence-corrected chi connectivity index (χ2v) is 8.01. The van der Waals surface area contributed by atoms with Crippen molar-refractivity contribution < 1.29 is 9.53 Å². The molecule has 1 saturated carbocycles. The van der Waals surface area contributed by atoms with Gasteiger partial charge in [-0.2, -0.15) is 5.10 Å². The second kappa shape index (κ2) is 7.84. The zero-order chi connectivity index (χ0) is 19.7. The standard InChI is InChI=1S/C19H21N5O2S2/c1-3-26-14-8-4-12(5-9-14)18-21-11(2)16(28-18)17(25)20-10-15-22-23-19(27)24(15)13-6-7-13/h4-5,8-9,13H,3,6-7,10H2,1-2H3,(H,20,25)(H,23,27). The Balaban J connectivity index is 1.47. The molecule has 4 rings (SSSR count). The van der Waals surface area contributed by atoms with Gasteiger partial charge in [0.25, 0.3) is 5.91 Å². The molecule has 0 aliphatic heterocycles. The van der Waals surface area contributed by atoms with Crippen molar-refractivity contribution in [3.63, 3.8) is 0 Å². The number of nitrogens with zero attached hydrogens (tertiary/aromatic N) is 3. The highest BCUT2D eigenvalue weighted by Gasteiger charge is 2.27. The molecular formula is C19H21N5O2S2. The van der Waals surface area contributed by atoms with E-state index >= 15 is 0 Å². The number of hydrogen-bond donors (Lipinski definition) is 2. The van der Waals surface area contributed by atoms with Gasteiger partial charge in [0, 0.05) is 11.6 Å². The van der Waals surface area contributed by atoms with E-state index in [1.165, 1.54) is 11.3 Å². The van der Waals surface area contributed by atoms with Gasteiger partial charge in [0.2, 0.25) is 0 Å². The number of carbonyl (C=O) groups is 1. The summed E-state index contributed by atoms with van der Waals surface area (Å²) in [6.07, 6.45) is 2.21. The van der Waals surface area contributed by atoms with Crippen LogP contribution in [-0.2, 0) is 6.54 Å². The zero-order valence-corrected chi connectivity index (χ0v) is 17.3. The predicted octanol–water partition coefficient (Wildman–Crippen LogP) is 4.04. The Morgan fingerprint density at radius 3 is 2.82 bits per heavy atom. The summed E-state index contributed by atoms with van der Waals surface area (Å²) < 4.78 is 8.08. The zero-order valence-electron chi connectivity index (χ0n) is 15.7. The van der Waals surface area contributed by atoms with Gasteiger partial charge in [-0.05, 0) is 63.2 Å². The number of ether oxygens (including phenoxy) is 1. The number of aromatic nitrogens is 4. The normalized spacial score (nSPS) is 13.5. The molecule has 2 heterocycles. The van der Waals surface area contributed by atoms with Gasteiger partial charge in [-0.1, -0.05) is 0 Å². The average molecular weight is 416 g/mol. The summed E-state index contributed by atoms with van der Waals surface area (Å²) in [7, 11) is 0. The third-order valence-electron chi connectivity index (χ3n) is 4.51. The highest BCUT2D eigenvalue weighted by molar-refractivity contribution is 7.71. The number of carbonyl (C=O) groups excluding carboxylic acids is 1. The van der Waals surface area contributed by atoms with E-state index in [2.05, 4.69) is 20.5 Å². The summed E-state index contributed by atoms with van der Waals surface area (Å²) in [5.41, 5.74) is 1.68. The third-order valence-corrected chi connectivity index (χ3v) is 6.00. The molecule has 9 heteroatoms. The van der Waals surface area contributed by atoms with Crippen LogP contribution in [0.2, 0.25) is 0 Å². The molecule has 0 unspecified atom stereocenters. The fraction of sp³-hybridized carbons (Fsp3) is 0.368. The monoisotopic (exact) mass is 415 g/mol. The SMILES string of the molecule is CCOc1ccc(-c2nc(C)c(C(=O)NCc3n[nH]c(=S)n3C3CC3)s2)cc1. The number of thiazole rings is 1. The van der Waals surface area contributed by atoms with Gasteiger partial charge in [0.1, 0.15) is 15.6 Å². The molecule has 28 heavy (non-hydrogen) atoms. The van der Waals surface area contributed by atoms with Gasteiger partial charge in [-0.25, -0.2) is 4.98 Å². The van der Waals surface area contributed by atoms with E-state index in [9.17, 15) is 4.79 Å². The lowest BCUT2D eigenvalue weighted by atomic mass is 10.2. The van der Waals surface area contributed by atoms with Crippen LogP contribution in [0.15, 0.2) is 24.3 Å². The van der Waals surface area contributed by atoms with Crippen LogP contribution in [0.4, 0.5) is 0 Å². The Hall–Kier alpha value is -2.52. The molecule has 0 atom stereocenters. The van der Waals surface area contributed by atoms with Crippen molar-refractivity contribution in [2.75, 3.05) is 6.61 Å². The molecule has 1 amide bonds. The molecule has 7 nitrogen and oxygen atoms in total. The van der Waals surface area contributed by atoms with Gasteiger partial charge < -0.3 is 10.1 Å². The Bertz CT molecular complexity index is 1050. The minimum Gasteiger partial charge on any atom is -0.494 e. The lowest BCUT2D eigenvalue weighted by molar-refractivity contribution is 0.0952. The van der Waals surface area contributed by atoms with Crippen molar-refractivity contribution >= 4 is 29.5 Å². The molecule has 2 aromatic heterocycles. The number of amides is 1. The minimum absolute atomic E-state index is 0.150. The van der Waals surface area contributed by atoms with Crippen molar-refractivity contribution in [3.05, 3.63) is 45.4 Å². The first-order valence-electron chi connectivity index (χ1n) is 9.21. The highest BCUT2D eigenvalue weighted by Crippen LogP contribution is 2.35. The summed E-state index contributed by atoms with van der Waals surface area (Å²) in [5.74, 6) is 1.43. The van der Waals surface area contributed by atoms with Gasteiger partial charge in [0.05, 0.1) is 18.8 Å². The van der Waals surface area contributed by atoms with Crippen LogP contribution >= 0.6 is 23.6 Å². The molecule has 0 bridgehead atoms. The largest absolute Gasteiger partial charge is 0.494 e. The third kappa shape index (κ3) is 3.85. The quantitative estimate of drug-likeness (QED) is 0.569. The smallest absolute Gasteiger partial charge is 0.263 e. The van der Waals surface area contributed by atoms with Crippen LogP contribution in [0, 0.1) is 11.7 Å². The summed E-state index contributed by atoms with van der Waals surface area (Å²) in [4.78, 5) is 17.9. The number of rotatable bonds is 7. The van der Waals surface area contributed by atoms with E-state index in [0.29, 0.717) is 34.5 Å². The summed E-state index contributed by atoms with van der Waals surface area (Å²) in [5, 5.41) is 10.8. The van der Waals surface area contributed by atoms with Crippen LogP contribution in [0.5, 0.6) is 5.75 Å². The van der Waals surface area contributed by atoms with Crippen LogP contribution in [0.1, 0.15) is 47.0 Å². The minimum atomic E-state index is -0.150. The number of aryl methyl sites for hydroxylation is 1. The molecule has 1 aliphatic carbocycles. The Morgan fingerprint density at radius 2 is 2.14 bits per heavy atom. The van der Waals surface area contributed by atoms with Gasteiger partial charge in [0.15, 0.2) is 10.6 Å². The fourth-order valence-electron chi connectivity index (χ4n) is 3.00. The van der Waals surface area contributed by atoms with Crippen LogP contribution in [0.25, 0.3) is 10.6 Å². The lowest BCUT2D eigenvalue weighted by Crippen LogP contribution is -2.24. The van der Waals surface area contributed by atoms with E-state index < -0.39 is 0 Å². The summed E-state index contributed by atoms with van der Waals surface area (Å²) in [6.45, 7) is 4.76. The van der Waals surface area contributed by atoms with E-state index in [4.69, 9.17) is 17.0 Å². The Labute approximate surface area is 171 Å². The number of aromatic amines is 1. The van der Waals surface area contributed by atoms with Crippen LogP contribution < -0.4 is 10.1 Å². The maximum Gasteiger partial charge on any atom is 0.263 e. The van der Waals surface area contributed by atoms with Crippen molar-refractivity contribution in [3.8, 4) is 16.3 Å². The highest BCUT2D eigenvalue weighted by atomic mass is 32.1. The molecule has 1 fully saturated rings. The van der Waals surface area contributed by atoms with Crippen LogP contribution in [0.3, 0.4) is 0 Å². The first-order valence-corrected chi connectivity index (χ1v) is 10.4. The van der Waals surface area contributed by atoms with E-state index in [0.717, 1.165) is 35.0 Å². The number of nitrogens with one attached hydrogen (secondary N) is 2. The number of H-pyrrole nitrogens is 1. The fourth-order valence-corrected chi connectivity index (χ4v) is 4.29. The maximum absolute atomic E-state index is 12.7. The molecule has 146 valence electrons. The van der Waals surface area contributed by atoms with Crippen molar-refractivity contribution in [2.24, 2.45) is 0 Å². The number of hydrogen-bond acceptors (Lipinski definition) is 6. The van der Waals surface area contributed by atoms with E-state index in [1.54, 1.807) is 0 Å². The molecule has 1 aliphatic rings. The van der Waals surface area contributed by atoms with Gasteiger partial charge in [-0.15, -0.1) is 11.3 Å². The van der Waals surface area contributed by atoms with E-state index in [-0.39, 0.29) is 5.91 Å². The van der Waals surface area contributed by atoms with Crippen molar-refractivity contribution in [2.45, 2.75) is 39.3 Å². The molecule has 0 saturated heterocycles. The van der Waals surface area contributed by atoms with E-state index in [1.807, 2.05) is 42.7 Å². The Kier molecular flexibility index (Phi) is 5.27. The van der Waals surface area contributed by atoms with Gasteiger partial charge in [-0.3, -0.25) is 14.5 Å². The summed E-state index contributed by atoms with van der Waals surface area (Å²) >= 11 is 6.67. The molecule has 3 aromatic rings. The first-order chi connectivity index (χ1) is 13.6.